The number of para-hydroxylation sites is 1. The van der Waals surface area contributed by atoms with Gasteiger partial charge in [-0.05, 0) is 29.4 Å². The van der Waals surface area contributed by atoms with Crippen LogP contribution in [0.2, 0.25) is 0 Å². The Hall–Kier alpha value is -2.98. The van der Waals surface area contributed by atoms with E-state index in [9.17, 15) is 35.7 Å². The number of fused-ring (bicyclic) bond motifs is 1. The highest BCUT2D eigenvalue weighted by Crippen LogP contribution is 2.38. The van der Waals surface area contributed by atoms with Crippen molar-refractivity contribution in [1.29, 1.82) is 5.26 Å². The van der Waals surface area contributed by atoms with Gasteiger partial charge in [-0.2, -0.15) is 31.6 Å². The normalized spacial score (nSPS) is 16.5. The summed E-state index contributed by atoms with van der Waals surface area (Å²) in [4.78, 5) is 17.3. The number of rotatable bonds is 3. The third-order valence-electron chi connectivity index (χ3n) is 4.34. The van der Waals surface area contributed by atoms with Crippen LogP contribution < -0.4 is 10.2 Å². The number of hydrogen-bond donors (Lipinski definition) is 1. The first-order chi connectivity index (χ1) is 14.4. The molecule has 0 saturated heterocycles. The Labute approximate surface area is 174 Å². The van der Waals surface area contributed by atoms with Gasteiger partial charge in [-0.25, -0.2) is 4.98 Å². The van der Waals surface area contributed by atoms with E-state index in [1.165, 1.54) is 17.0 Å². The molecule has 1 unspecified atom stereocenters. The van der Waals surface area contributed by atoms with Gasteiger partial charge in [0.05, 0.1) is 24.3 Å². The Morgan fingerprint density at radius 3 is 2.52 bits per heavy atom. The number of alkyl halides is 6. The van der Waals surface area contributed by atoms with E-state index in [4.69, 9.17) is 5.26 Å². The van der Waals surface area contributed by atoms with Crippen LogP contribution in [0.5, 0.6) is 0 Å². The van der Waals surface area contributed by atoms with Crippen LogP contribution in [0.3, 0.4) is 0 Å². The highest BCUT2D eigenvalue weighted by molar-refractivity contribution is 7.91. The van der Waals surface area contributed by atoms with Crippen molar-refractivity contribution >= 4 is 28.6 Å². The SMILES string of the molecule is N#Cc1c(C(F)(F)F)cc(C(F)(F)F)nc1NCC(=O)N1CC[S+]([O-])c2ccccc21. The van der Waals surface area contributed by atoms with Crippen molar-refractivity contribution in [2.45, 2.75) is 17.2 Å². The summed E-state index contributed by atoms with van der Waals surface area (Å²) in [5.41, 5.74) is -4.50. The second-order valence-corrected chi connectivity index (χ2v) is 7.84. The van der Waals surface area contributed by atoms with Gasteiger partial charge in [-0.3, -0.25) is 4.79 Å². The van der Waals surface area contributed by atoms with Crippen LogP contribution >= 0.6 is 0 Å². The molecule has 0 bridgehead atoms. The zero-order chi connectivity index (χ0) is 23.0. The van der Waals surface area contributed by atoms with E-state index in [2.05, 4.69) is 10.3 Å². The fraction of sp³-hybridized carbons (Fsp3) is 0.278. The van der Waals surface area contributed by atoms with Gasteiger partial charge in [-0.1, -0.05) is 12.1 Å². The number of carbonyl (C=O) groups is 1. The van der Waals surface area contributed by atoms with Crippen LogP contribution in [-0.2, 0) is 28.3 Å². The smallest absolute Gasteiger partial charge is 0.433 e. The number of aromatic nitrogens is 1. The molecule has 0 saturated carbocycles. The molecule has 1 N–H and O–H groups in total. The van der Waals surface area contributed by atoms with Gasteiger partial charge < -0.3 is 14.8 Å². The molecule has 2 aromatic rings. The number of benzene rings is 1. The van der Waals surface area contributed by atoms with Gasteiger partial charge >= 0.3 is 12.4 Å². The molecule has 2 heterocycles. The lowest BCUT2D eigenvalue weighted by molar-refractivity contribution is -0.145. The standard InChI is InChI=1S/C18H12F6N4O2S/c19-17(20,21)11-7-14(18(22,23)24)27-16(10(11)8-25)26-9-15(29)28-5-6-31(30)13-4-2-1-3-12(13)28/h1-4,7H,5-6,9H2,(H,26,27). The summed E-state index contributed by atoms with van der Waals surface area (Å²) < 4.78 is 90.7. The molecule has 1 aromatic carbocycles. The monoisotopic (exact) mass is 462 g/mol. The molecule has 164 valence electrons. The molecule has 31 heavy (non-hydrogen) atoms. The number of nitrogens with one attached hydrogen (secondary N) is 1. The minimum Gasteiger partial charge on any atom is -0.611 e. The lowest BCUT2D eigenvalue weighted by atomic mass is 10.1. The predicted molar refractivity (Wildman–Crippen MR) is 97.5 cm³/mol. The third-order valence-corrected chi connectivity index (χ3v) is 5.73. The van der Waals surface area contributed by atoms with Crippen molar-refractivity contribution in [3.63, 3.8) is 0 Å². The van der Waals surface area contributed by atoms with Crippen LogP contribution in [0.25, 0.3) is 0 Å². The molecule has 13 heteroatoms. The number of pyridine rings is 1. The number of hydrogen-bond acceptors (Lipinski definition) is 5. The first kappa shape index (κ1) is 22.7. The maximum Gasteiger partial charge on any atom is 0.433 e. The highest BCUT2D eigenvalue weighted by Gasteiger charge is 2.41. The van der Waals surface area contributed by atoms with Gasteiger partial charge in [0.15, 0.2) is 4.90 Å². The van der Waals surface area contributed by atoms with Gasteiger partial charge in [0, 0.05) is 0 Å². The Kier molecular flexibility index (Phi) is 6.06. The zero-order valence-corrected chi connectivity index (χ0v) is 16.2. The summed E-state index contributed by atoms with van der Waals surface area (Å²) in [6.45, 7) is -0.694. The topological polar surface area (TPSA) is 92.1 Å². The maximum atomic E-state index is 13.2. The molecule has 1 amide bonds. The number of amides is 1. The van der Waals surface area contributed by atoms with E-state index >= 15 is 0 Å². The number of carbonyl (C=O) groups excluding carboxylic acids is 1. The van der Waals surface area contributed by atoms with E-state index in [-0.39, 0.29) is 18.4 Å². The van der Waals surface area contributed by atoms with E-state index in [0.29, 0.717) is 10.6 Å². The van der Waals surface area contributed by atoms with E-state index in [1.807, 2.05) is 0 Å². The Morgan fingerprint density at radius 2 is 1.90 bits per heavy atom. The van der Waals surface area contributed by atoms with Crippen molar-refractivity contribution in [3.05, 3.63) is 47.2 Å². The van der Waals surface area contributed by atoms with Crippen LogP contribution in [0.4, 0.5) is 37.8 Å². The van der Waals surface area contributed by atoms with E-state index in [0.717, 1.165) is 0 Å². The Bertz CT molecular complexity index is 1050. The van der Waals surface area contributed by atoms with Crippen LogP contribution in [0.1, 0.15) is 16.8 Å². The van der Waals surface area contributed by atoms with Crippen LogP contribution in [0, 0.1) is 11.3 Å². The molecular weight excluding hydrogens is 450 g/mol. The summed E-state index contributed by atoms with van der Waals surface area (Å²) in [5, 5.41) is 11.2. The van der Waals surface area contributed by atoms with E-state index < -0.39 is 58.6 Å². The lowest BCUT2D eigenvalue weighted by Gasteiger charge is -2.30. The minimum absolute atomic E-state index is 0.0407. The fourth-order valence-electron chi connectivity index (χ4n) is 2.95. The second-order valence-electron chi connectivity index (χ2n) is 6.30. The predicted octanol–water partition coefficient (Wildman–Crippen LogP) is 3.56. The first-order valence-electron chi connectivity index (χ1n) is 8.54. The largest absolute Gasteiger partial charge is 0.611 e. The Balaban J connectivity index is 1.92. The van der Waals surface area contributed by atoms with Crippen molar-refractivity contribution in [1.82, 2.24) is 4.98 Å². The van der Waals surface area contributed by atoms with Crippen molar-refractivity contribution in [3.8, 4) is 6.07 Å². The lowest BCUT2D eigenvalue weighted by Crippen LogP contribution is -2.42. The van der Waals surface area contributed by atoms with Crippen LogP contribution in [0.15, 0.2) is 35.2 Å². The molecule has 1 atom stereocenters. The summed E-state index contributed by atoms with van der Waals surface area (Å²) in [6, 6.07) is 7.23. The van der Waals surface area contributed by atoms with E-state index in [1.54, 1.807) is 18.2 Å². The quantitative estimate of drug-likeness (QED) is 0.557. The van der Waals surface area contributed by atoms with Gasteiger partial charge in [-0.15, -0.1) is 0 Å². The van der Waals surface area contributed by atoms with Crippen molar-refractivity contribution < 1.29 is 35.7 Å². The number of nitriles is 1. The summed E-state index contributed by atoms with van der Waals surface area (Å²) in [6.07, 6.45) is -10.4. The highest BCUT2D eigenvalue weighted by atomic mass is 32.2. The van der Waals surface area contributed by atoms with Crippen molar-refractivity contribution in [2.75, 3.05) is 29.1 Å². The number of anilines is 2. The second kappa shape index (κ2) is 8.27. The van der Waals surface area contributed by atoms with Crippen LogP contribution in [-0.4, -0.2) is 34.3 Å². The summed E-state index contributed by atoms with van der Waals surface area (Å²) in [7, 11) is 0. The molecule has 1 aliphatic heterocycles. The molecular formula is C18H12F6N4O2S. The van der Waals surface area contributed by atoms with Gasteiger partial charge in [0.2, 0.25) is 5.91 Å². The third kappa shape index (κ3) is 4.70. The molecule has 0 fully saturated rings. The van der Waals surface area contributed by atoms with Gasteiger partial charge in [0.1, 0.15) is 28.9 Å². The maximum absolute atomic E-state index is 13.2. The minimum atomic E-state index is -5.25. The molecule has 3 rings (SSSR count). The van der Waals surface area contributed by atoms with Crippen molar-refractivity contribution in [2.24, 2.45) is 0 Å². The molecule has 1 aliphatic rings. The summed E-state index contributed by atoms with van der Waals surface area (Å²) in [5.74, 6) is -1.60. The molecule has 1 aromatic heterocycles. The molecule has 0 spiro atoms. The summed E-state index contributed by atoms with van der Waals surface area (Å²) >= 11 is -1.34. The molecule has 0 aliphatic carbocycles. The molecule has 0 radical (unpaired) electrons. The average molecular weight is 462 g/mol. The number of halogens is 6. The zero-order valence-electron chi connectivity index (χ0n) is 15.3. The van der Waals surface area contributed by atoms with Gasteiger partial charge in [0.25, 0.3) is 0 Å². The number of nitrogens with zero attached hydrogens (tertiary/aromatic N) is 3. The molecule has 6 nitrogen and oxygen atoms in total. The fourth-order valence-corrected chi connectivity index (χ4v) is 4.16. The first-order valence-corrected chi connectivity index (χ1v) is 9.86. The Morgan fingerprint density at radius 1 is 1.23 bits per heavy atom. The average Bonchev–Trinajstić information content (AvgIpc) is 2.70.